The number of piperidine rings is 1. The van der Waals surface area contributed by atoms with Crippen LogP contribution in [-0.2, 0) is 6.54 Å². The molecule has 0 amide bonds. The molecule has 1 fully saturated rings. The maximum Gasteiger partial charge on any atom is 0.129 e. The summed E-state index contributed by atoms with van der Waals surface area (Å²) in [5, 5.41) is 10.6. The first-order valence-corrected chi connectivity index (χ1v) is 7.36. The fourth-order valence-corrected chi connectivity index (χ4v) is 3.03. The normalized spacial score (nSPS) is 22.4. The van der Waals surface area contributed by atoms with E-state index in [1.54, 1.807) is 12.1 Å². The lowest BCUT2D eigenvalue weighted by Gasteiger charge is -2.38. The van der Waals surface area contributed by atoms with Crippen LogP contribution in [-0.4, -0.2) is 28.7 Å². The van der Waals surface area contributed by atoms with Gasteiger partial charge in [0.25, 0.3) is 0 Å². The molecule has 0 radical (unpaired) electrons. The van der Waals surface area contributed by atoms with Crippen molar-refractivity contribution in [1.82, 2.24) is 4.90 Å². The number of benzene rings is 1. The molecule has 1 aromatic rings. The van der Waals surface area contributed by atoms with Gasteiger partial charge in [-0.1, -0.05) is 31.0 Å². The molecule has 1 aliphatic heterocycles. The van der Waals surface area contributed by atoms with Gasteiger partial charge >= 0.3 is 0 Å². The van der Waals surface area contributed by atoms with Crippen LogP contribution >= 0.6 is 11.6 Å². The van der Waals surface area contributed by atoms with E-state index in [1.807, 2.05) is 6.92 Å². The third kappa shape index (κ3) is 3.47. The van der Waals surface area contributed by atoms with Crippen molar-refractivity contribution in [1.29, 1.82) is 0 Å². The van der Waals surface area contributed by atoms with Gasteiger partial charge in [-0.3, -0.25) is 4.90 Å². The Kier molecular flexibility index (Phi) is 5.20. The molecule has 2 atom stereocenters. The van der Waals surface area contributed by atoms with Crippen molar-refractivity contribution >= 4 is 11.6 Å². The van der Waals surface area contributed by atoms with Gasteiger partial charge in [-0.05, 0) is 37.9 Å². The van der Waals surface area contributed by atoms with Crippen LogP contribution in [0.15, 0.2) is 18.2 Å². The number of hydrogen-bond donors (Lipinski definition) is 1. The summed E-state index contributed by atoms with van der Waals surface area (Å²) in [5.74, 6) is -0.261. The van der Waals surface area contributed by atoms with Crippen molar-refractivity contribution in [2.24, 2.45) is 0 Å². The van der Waals surface area contributed by atoms with Gasteiger partial charge in [-0.15, -0.1) is 0 Å². The lowest BCUT2D eigenvalue weighted by molar-refractivity contribution is 0.0190. The largest absolute Gasteiger partial charge is 0.392 e. The zero-order valence-electron chi connectivity index (χ0n) is 11.3. The molecule has 1 N–H and O–H groups in total. The third-order valence-corrected chi connectivity index (χ3v) is 4.30. The highest BCUT2D eigenvalue weighted by atomic mass is 35.5. The number of aliphatic hydroxyl groups excluding tert-OH is 1. The Balaban J connectivity index is 2.15. The molecule has 106 valence electrons. The van der Waals surface area contributed by atoms with E-state index in [4.69, 9.17) is 11.6 Å². The first-order chi connectivity index (χ1) is 9.13. The van der Waals surface area contributed by atoms with Gasteiger partial charge in [0.05, 0.1) is 6.10 Å². The highest BCUT2D eigenvalue weighted by molar-refractivity contribution is 6.31. The lowest BCUT2D eigenvalue weighted by Crippen LogP contribution is -2.46. The van der Waals surface area contributed by atoms with E-state index >= 15 is 0 Å². The maximum absolute atomic E-state index is 13.8. The van der Waals surface area contributed by atoms with E-state index in [0.29, 0.717) is 17.1 Å². The zero-order chi connectivity index (χ0) is 13.8. The number of hydrogen-bond acceptors (Lipinski definition) is 2. The van der Waals surface area contributed by atoms with E-state index in [0.717, 1.165) is 32.2 Å². The number of likely N-dealkylation sites (tertiary alicyclic amines) is 1. The molecule has 0 aliphatic carbocycles. The van der Waals surface area contributed by atoms with Crippen molar-refractivity contribution in [2.75, 3.05) is 6.54 Å². The molecule has 2 unspecified atom stereocenters. The summed E-state index contributed by atoms with van der Waals surface area (Å²) < 4.78 is 13.8. The highest BCUT2D eigenvalue weighted by Crippen LogP contribution is 2.27. The smallest absolute Gasteiger partial charge is 0.129 e. The minimum Gasteiger partial charge on any atom is -0.392 e. The molecule has 0 aromatic heterocycles. The van der Waals surface area contributed by atoms with E-state index in [2.05, 4.69) is 4.90 Å². The molecule has 1 aromatic carbocycles. The van der Waals surface area contributed by atoms with Crippen molar-refractivity contribution < 1.29 is 9.50 Å². The van der Waals surface area contributed by atoms with Gasteiger partial charge in [0.2, 0.25) is 0 Å². The fraction of sp³-hybridized carbons (Fsp3) is 0.600. The summed E-state index contributed by atoms with van der Waals surface area (Å²) in [6.45, 7) is 3.35. The Hall–Kier alpha value is -0.640. The summed E-state index contributed by atoms with van der Waals surface area (Å²) in [6, 6.07) is 4.90. The SMILES string of the molecule is CCC(O)C1CCCCN1Cc1c(F)cccc1Cl. The van der Waals surface area contributed by atoms with Crippen LogP contribution in [0.4, 0.5) is 4.39 Å². The molecular weight excluding hydrogens is 265 g/mol. The Morgan fingerprint density at radius 3 is 2.95 bits per heavy atom. The summed E-state index contributed by atoms with van der Waals surface area (Å²) in [5.41, 5.74) is 0.541. The Labute approximate surface area is 119 Å². The van der Waals surface area contributed by atoms with Crippen molar-refractivity contribution in [3.63, 3.8) is 0 Å². The Morgan fingerprint density at radius 2 is 2.26 bits per heavy atom. The van der Waals surface area contributed by atoms with Crippen molar-refractivity contribution in [3.8, 4) is 0 Å². The molecule has 0 spiro atoms. The second kappa shape index (κ2) is 6.69. The number of nitrogens with zero attached hydrogens (tertiary/aromatic N) is 1. The number of rotatable bonds is 4. The molecule has 1 saturated heterocycles. The molecule has 2 nitrogen and oxygen atoms in total. The standard InChI is InChI=1S/C15H21ClFNO/c1-2-15(19)14-8-3-4-9-18(14)10-11-12(16)6-5-7-13(11)17/h5-7,14-15,19H,2-4,8-10H2,1H3. The van der Waals surface area contributed by atoms with Crippen LogP contribution in [0.1, 0.15) is 38.2 Å². The van der Waals surface area contributed by atoms with E-state index in [-0.39, 0.29) is 18.0 Å². The fourth-order valence-electron chi connectivity index (χ4n) is 2.81. The topological polar surface area (TPSA) is 23.5 Å². The Bertz CT molecular complexity index is 406. The van der Waals surface area contributed by atoms with Gasteiger partial charge in [0.1, 0.15) is 5.82 Å². The minimum atomic E-state index is -0.342. The number of halogens is 2. The average Bonchev–Trinajstić information content (AvgIpc) is 2.42. The van der Waals surface area contributed by atoms with Crippen LogP contribution in [0.25, 0.3) is 0 Å². The highest BCUT2D eigenvalue weighted by Gasteiger charge is 2.28. The molecule has 4 heteroatoms. The van der Waals surface area contributed by atoms with Crippen molar-refractivity contribution in [2.45, 2.75) is 51.3 Å². The summed E-state index contributed by atoms with van der Waals surface area (Å²) in [4.78, 5) is 2.17. The minimum absolute atomic E-state index is 0.120. The maximum atomic E-state index is 13.8. The van der Waals surface area contributed by atoms with E-state index in [1.165, 1.54) is 6.07 Å². The molecule has 1 heterocycles. The average molecular weight is 286 g/mol. The quantitative estimate of drug-likeness (QED) is 0.914. The molecule has 0 bridgehead atoms. The lowest BCUT2D eigenvalue weighted by atomic mass is 9.95. The first-order valence-electron chi connectivity index (χ1n) is 6.98. The molecular formula is C15H21ClFNO. The van der Waals surface area contributed by atoms with E-state index < -0.39 is 0 Å². The van der Waals surface area contributed by atoms with Crippen LogP contribution in [0.3, 0.4) is 0 Å². The summed E-state index contributed by atoms with van der Waals surface area (Å²) >= 11 is 6.08. The number of aliphatic hydroxyl groups is 1. The molecule has 0 saturated carbocycles. The van der Waals surface area contributed by atoms with Crippen molar-refractivity contribution in [3.05, 3.63) is 34.6 Å². The predicted molar refractivity (Wildman–Crippen MR) is 75.8 cm³/mol. The summed E-state index contributed by atoms with van der Waals surface area (Å²) in [6.07, 6.45) is 3.58. The van der Waals surface area contributed by atoms with Gasteiger partial charge in [0, 0.05) is 23.2 Å². The van der Waals surface area contributed by atoms with Gasteiger partial charge in [-0.25, -0.2) is 4.39 Å². The predicted octanol–water partition coefficient (Wildman–Crippen LogP) is 3.60. The van der Waals surface area contributed by atoms with Crippen LogP contribution in [0, 0.1) is 5.82 Å². The Morgan fingerprint density at radius 1 is 1.47 bits per heavy atom. The van der Waals surface area contributed by atoms with Crippen LogP contribution in [0.2, 0.25) is 5.02 Å². The summed E-state index contributed by atoms with van der Waals surface area (Å²) in [7, 11) is 0. The third-order valence-electron chi connectivity index (χ3n) is 3.95. The second-order valence-electron chi connectivity index (χ2n) is 5.21. The second-order valence-corrected chi connectivity index (χ2v) is 5.62. The first kappa shape index (κ1) is 14.8. The zero-order valence-corrected chi connectivity index (χ0v) is 12.0. The molecule has 2 rings (SSSR count). The van der Waals surface area contributed by atoms with Gasteiger partial charge in [0.15, 0.2) is 0 Å². The van der Waals surface area contributed by atoms with Gasteiger partial charge < -0.3 is 5.11 Å². The monoisotopic (exact) mass is 285 g/mol. The van der Waals surface area contributed by atoms with Crippen LogP contribution < -0.4 is 0 Å². The molecule has 19 heavy (non-hydrogen) atoms. The molecule has 1 aliphatic rings. The van der Waals surface area contributed by atoms with Gasteiger partial charge in [-0.2, -0.15) is 0 Å². The van der Waals surface area contributed by atoms with E-state index in [9.17, 15) is 9.50 Å². The van der Waals surface area contributed by atoms with Crippen LogP contribution in [0.5, 0.6) is 0 Å².